The standard InChI is InChI=1S/C16H25NO/c1-4-18-16-7-5-6-13(8-16)11-17-15-9-14(10-15)12(2)3/h5-8,12,14-15,17H,4,9-11H2,1-3H3. The van der Waals surface area contributed by atoms with Gasteiger partial charge in [-0.25, -0.2) is 0 Å². The summed E-state index contributed by atoms with van der Waals surface area (Å²) < 4.78 is 5.51. The first kappa shape index (κ1) is 13.4. The van der Waals surface area contributed by atoms with Crippen LogP contribution in [0.4, 0.5) is 0 Å². The van der Waals surface area contributed by atoms with Gasteiger partial charge in [0.25, 0.3) is 0 Å². The third-order valence-corrected chi connectivity index (χ3v) is 3.92. The first-order chi connectivity index (χ1) is 8.69. The van der Waals surface area contributed by atoms with Crippen molar-refractivity contribution < 1.29 is 4.74 Å². The highest BCUT2D eigenvalue weighted by Crippen LogP contribution is 2.33. The number of benzene rings is 1. The smallest absolute Gasteiger partial charge is 0.119 e. The van der Waals surface area contributed by atoms with Crippen molar-refractivity contribution in [2.75, 3.05) is 6.61 Å². The van der Waals surface area contributed by atoms with E-state index in [2.05, 4.69) is 37.4 Å². The summed E-state index contributed by atoms with van der Waals surface area (Å²) >= 11 is 0. The lowest BCUT2D eigenvalue weighted by Gasteiger charge is -2.38. The molecule has 18 heavy (non-hydrogen) atoms. The van der Waals surface area contributed by atoms with E-state index in [1.54, 1.807) is 0 Å². The summed E-state index contributed by atoms with van der Waals surface area (Å²) in [5.74, 6) is 2.74. The van der Waals surface area contributed by atoms with Crippen LogP contribution < -0.4 is 10.1 Å². The first-order valence-corrected chi connectivity index (χ1v) is 7.14. The zero-order chi connectivity index (χ0) is 13.0. The second-order valence-corrected chi connectivity index (χ2v) is 5.63. The molecule has 0 amide bonds. The topological polar surface area (TPSA) is 21.3 Å². The van der Waals surface area contributed by atoms with Crippen molar-refractivity contribution in [1.82, 2.24) is 5.32 Å². The minimum atomic E-state index is 0.716. The summed E-state index contributed by atoms with van der Waals surface area (Å²) in [6.45, 7) is 8.36. The molecule has 1 aromatic rings. The van der Waals surface area contributed by atoms with Crippen molar-refractivity contribution in [2.24, 2.45) is 11.8 Å². The van der Waals surface area contributed by atoms with E-state index in [4.69, 9.17) is 4.74 Å². The van der Waals surface area contributed by atoms with Gasteiger partial charge in [0.05, 0.1) is 6.61 Å². The predicted octanol–water partition coefficient (Wildman–Crippen LogP) is 3.61. The molecule has 0 unspecified atom stereocenters. The maximum atomic E-state index is 5.51. The maximum absolute atomic E-state index is 5.51. The van der Waals surface area contributed by atoms with Gasteiger partial charge in [-0.05, 0) is 49.3 Å². The van der Waals surface area contributed by atoms with Crippen LogP contribution in [0.3, 0.4) is 0 Å². The zero-order valence-electron chi connectivity index (χ0n) is 11.8. The predicted molar refractivity (Wildman–Crippen MR) is 75.8 cm³/mol. The molecule has 0 heterocycles. The molecule has 0 aliphatic heterocycles. The molecular weight excluding hydrogens is 222 g/mol. The molecule has 2 heteroatoms. The largest absolute Gasteiger partial charge is 0.494 e. The van der Waals surface area contributed by atoms with Gasteiger partial charge in [-0.1, -0.05) is 26.0 Å². The van der Waals surface area contributed by atoms with Crippen molar-refractivity contribution in [3.8, 4) is 5.75 Å². The van der Waals surface area contributed by atoms with E-state index in [0.717, 1.165) is 30.7 Å². The van der Waals surface area contributed by atoms with Crippen molar-refractivity contribution in [2.45, 2.75) is 46.2 Å². The summed E-state index contributed by atoms with van der Waals surface area (Å²) in [5, 5.41) is 3.63. The van der Waals surface area contributed by atoms with Gasteiger partial charge >= 0.3 is 0 Å². The fourth-order valence-corrected chi connectivity index (χ4v) is 2.55. The molecule has 1 saturated carbocycles. The van der Waals surface area contributed by atoms with Gasteiger partial charge in [0.1, 0.15) is 5.75 Å². The maximum Gasteiger partial charge on any atom is 0.119 e. The Hall–Kier alpha value is -1.02. The Morgan fingerprint density at radius 2 is 2.11 bits per heavy atom. The lowest BCUT2D eigenvalue weighted by Crippen LogP contribution is -2.42. The molecule has 1 fully saturated rings. The highest BCUT2D eigenvalue weighted by atomic mass is 16.5. The van der Waals surface area contributed by atoms with Crippen LogP contribution in [0.25, 0.3) is 0 Å². The van der Waals surface area contributed by atoms with E-state index in [0.29, 0.717) is 6.04 Å². The van der Waals surface area contributed by atoms with E-state index >= 15 is 0 Å². The van der Waals surface area contributed by atoms with Crippen molar-refractivity contribution in [1.29, 1.82) is 0 Å². The number of rotatable bonds is 6. The molecule has 2 nitrogen and oxygen atoms in total. The Morgan fingerprint density at radius 1 is 1.33 bits per heavy atom. The van der Waals surface area contributed by atoms with E-state index in [1.165, 1.54) is 18.4 Å². The Balaban J connectivity index is 1.75. The van der Waals surface area contributed by atoms with Crippen molar-refractivity contribution in [3.05, 3.63) is 29.8 Å². The molecule has 0 radical (unpaired) electrons. The number of nitrogens with one attached hydrogen (secondary N) is 1. The molecule has 0 bridgehead atoms. The van der Waals surface area contributed by atoms with Gasteiger partial charge in [0.2, 0.25) is 0 Å². The second kappa shape index (κ2) is 6.24. The zero-order valence-corrected chi connectivity index (χ0v) is 11.8. The highest BCUT2D eigenvalue weighted by molar-refractivity contribution is 5.28. The van der Waals surface area contributed by atoms with Gasteiger partial charge < -0.3 is 10.1 Å². The lowest BCUT2D eigenvalue weighted by molar-refractivity contribution is 0.167. The van der Waals surface area contributed by atoms with Gasteiger partial charge in [0.15, 0.2) is 0 Å². The first-order valence-electron chi connectivity index (χ1n) is 7.14. The molecular formula is C16H25NO. The van der Waals surface area contributed by atoms with Crippen LogP contribution in [-0.4, -0.2) is 12.6 Å². The Labute approximate surface area is 111 Å². The molecule has 100 valence electrons. The molecule has 2 rings (SSSR count). The van der Waals surface area contributed by atoms with E-state index < -0.39 is 0 Å². The monoisotopic (exact) mass is 247 g/mol. The summed E-state index contributed by atoms with van der Waals surface area (Å²) in [4.78, 5) is 0. The minimum absolute atomic E-state index is 0.716. The SMILES string of the molecule is CCOc1cccc(CNC2CC(C(C)C)C2)c1. The van der Waals surface area contributed by atoms with Gasteiger partial charge in [0, 0.05) is 12.6 Å². The number of ether oxygens (including phenoxy) is 1. The summed E-state index contributed by atoms with van der Waals surface area (Å²) in [6, 6.07) is 9.10. The van der Waals surface area contributed by atoms with Crippen molar-refractivity contribution in [3.63, 3.8) is 0 Å². The molecule has 1 N–H and O–H groups in total. The van der Waals surface area contributed by atoms with E-state index in [9.17, 15) is 0 Å². The fraction of sp³-hybridized carbons (Fsp3) is 0.625. The second-order valence-electron chi connectivity index (χ2n) is 5.63. The molecule has 1 aliphatic carbocycles. The molecule has 0 spiro atoms. The average Bonchev–Trinajstić information content (AvgIpc) is 2.27. The quantitative estimate of drug-likeness (QED) is 0.829. The summed E-state index contributed by atoms with van der Waals surface area (Å²) in [5.41, 5.74) is 1.31. The van der Waals surface area contributed by atoms with Crippen LogP contribution >= 0.6 is 0 Å². The number of hydrogen-bond donors (Lipinski definition) is 1. The summed E-state index contributed by atoms with van der Waals surface area (Å²) in [6.07, 6.45) is 2.67. The van der Waals surface area contributed by atoms with Crippen LogP contribution in [0.2, 0.25) is 0 Å². The van der Waals surface area contributed by atoms with E-state index in [1.807, 2.05) is 13.0 Å². The average molecular weight is 247 g/mol. The molecule has 0 aromatic heterocycles. The Kier molecular flexibility index (Phi) is 4.65. The lowest BCUT2D eigenvalue weighted by atomic mass is 9.73. The van der Waals surface area contributed by atoms with E-state index in [-0.39, 0.29) is 0 Å². The minimum Gasteiger partial charge on any atom is -0.494 e. The molecule has 1 aliphatic rings. The normalized spacial score (nSPS) is 22.9. The van der Waals surface area contributed by atoms with Gasteiger partial charge in [-0.15, -0.1) is 0 Å². The highest BCUT2D eigenvalue weighted by Gasteiger charge is 2.30. The molecule has 0 atom stereocenters. The van der Waals surface area contributed by atoms with Crippen LogP contribution in [0, 0.1) is 11.8 Å². The van der Waals surface area contributed by atoms with Crippen molar-refractivity contribution >= 4 is 0 Å². The van der Waals surface area contributed by atoms with Crippen LogP contribution in [0.1, 0.15) is 39.2 Å². The third-order valence-electron chi connectivity index (χ3n) is 3.92. The van der Waals surface area contributed by atoms with Crippen LogP contribution in [-0.2, 0) is 6.54 Å². The van der Waals surface area contributed by atoms with Gasteiger partial charge in [-0.3, -0.25) is 0 Å². The van der Waals surface area contributed by atoms with Gasteiger partial charge in [-0.2, -0.15) is 0 Å². The third kappa shape index (κ3) is 3.49. The Morgan fingerprint density at radius 3 is 2.78 bits per heavy atom. The molecule has 0 saturated heterocycles. The fourth-order valence-electron chi connectivity index (χ4n) is 2.55. The van der Waals surface area contributed by atoms with Crippen LogP contribution in [0.15, 0.2) is 24.3 Å². The number of hydrogen-bond acceptors (Lipinski definition) is 2. The molecule has 1 aromatic carbocycles. The Bertz CT molecular complexity index is 369. The van der Waals surface area contributed by atoms with Crippen LogP contribution in [0.5, 0.6) is 5.75 Å². The summed E-state index contributed by atoms with van der Waals surface area (Å²) in [7, 11) is 0.